The number of sulfonamides is 1. The first-order valence-corrected chi connectivity index (χ1v) is 16.9. The molecule has 43 heavy (non-hydrogen) atoms. The van der Waals surface area contributed by atoms with Gasteiger partial charge in [0.05, 0.1) is 25.0 Å². The molecule has 4 saturated carbocycles. The summed E-state index contributed by atoms with van der Waals surface area (Å²) in [6.07, 6.45) is 7.39. The highest BCUT2D eigenvalue weighted by molar-refractivity contribution is 7.90. The molecule has 11 heteroatoms. The van der Waals surface area contributed by atoms with Gasteiger partial charge in [-0.1, -0.05) is 18.2 Å². The molecule has 4 bridgehead atoms. The fourth-order valence-corrected chi connectivity index (χ4v) is 9.85. The van der Waals surface area contributed by atoms with Crippen LogP contribution < -0.4 is 10.0 Å². The Balaban J connectivity index is 1.05. The molecule has 4 aliphatic carbocycles. The number of nitro groups is 1. The highest BCUT2D eigenvalue weighted by Gasteiger charge is 2.50. The predicted molar refractivity (Wildman–Crippen MR) is 167 cm³/mol. The number of hydrogen-bond acceptors (Lipinski definition) is 8. The monoisotopic (exact) mass is 616 g/mol. The second-order valence-electron chi connectivity index (χ2n) is 12.6. The first-order valence-electron chi connectivity index (χ1n) is 14.6. The van der Waals surface area contributed by atoms with Gasteiger partial charge < -0.3 is 5.32 Å². The molecule has 0 radical (unpaired) electrons. The molecule has 4 aromatic rings. The molecule has 222 valence electrons. The molecule has 1 heterocycles. The number of aryl methyl sites for hydroxylation is 1. The summed E-state index contributed by atoms with van der Waals surface area (Å²) >= 11 is 1.62. The van der Waals surface area contributed by atoms with Gasteiger partial charge in [0.2, 0.25) is 0 Å². The van der Waals surface area contributed by atoms with E-state index in [-0.39, 0.29) is 21.6 Å². The Bertz CT molecular complexity index is 1830. The van der Waals surface area contributed by atoms with Crippen LogP contribution >= 0.6 is 11.3 Å². The van der Waals surface area contributed by atoms with Gasteiger partial charge in [-0.25, -0.2) is 18.1 Å². The van der Waals surface area contributed by atoms with Crippen molar-refractivity contribution >= 4 is 48.9 Å². The Hall–Kier alpha value is -3.83. The van der Waals surface area contributed by atoms with E-state index in [2.05, 4.69) is 15.0 Å². The van der Waals surface area contributed by atoms with E-state index in [1.165, 1.54) is 31.4 Å². The van der Waals surface area contributed by atoms with E-state index in [0.717, 1.165) is 69.4 Å². The van der Waals surface area contributed by atoms with E-state index in [9.17, 15) is 23.3 Å². The predicted octanol–water partition coefficient (Wildman–Crippen LogP) is 6.93. The van der Waals surface area contributed by atoms with Crippen molar-refractivity contribution in [2.24, 2.45) is 23.2 Å². The Labute approximate surface area is 253 Å². The Morgan fingerprint density at radius 2 is 1.63 bits per heavy atom. The first-order chi connectivity index (χ1) is 20.6. The number of nitro benzene ring substituents is 1. The van der Waals surface area contributed by atoms with Crippen molar-refractivity contribution in [1.29, 1.82) is 0 Å². The van der Waals surface area contributed by atoms with Crippen LogP contribution in [-0.2, 0) is 10.0 Å². The fourth-order valence-electron chi connectivity index (χ4n) is 8.04. The number of rotatable bonds is 8. The lowest BCUT2D eigenvalue weighted by Gasteiger charge is -2.57. The van der Waals surface area contributed by atoms with Crippen molar-refractivity contribution in [3.8, 4) is 11.1 Å². The highest BCUT2D eigenvalue weighted by atomic mass is 32.2. The molecule has 0 aliphatic heterocycles. The van der Waals surface area contributed by atoms with E-state index < -0.39 is 20.9 Å². The van der Waals surface area contributed by atoms with Crippen molar-refractivity contribution in [3.05, 3.63) is 81.3 Å². The average molecular weight is 617 g/mol. The second kappa shape index (κ2) is 10.4. The molecule has 9 nitrogen and oxygen atoms in total. The number of nitrogens with one attached hydrogen (secondary N) is 2. The number of carbonyl (C=O) groups excluding carboxylic acids is 1. The summed E-state index contributed by atoms with van der Waals surface area (Å²) in [5, 5.41) is 16.2. The van der Waals surface area contributed by atoms with Crippen LogP contribution in [0.5, 0.6) is 0 Å². The van der Waals surface area contributed by atoms with E-state index in [0.29, 0.717) is 12.2 Å². The van der Waals surface area contributed by atoms with Crippen molar-refractivity contribution < 1.29 is 18.1 Å². The molecule has 1 aromatic heterocycles. The molecule has 0 unspecified atom stereocenters. The van der Waals surface area contributed by atoms with Crippen molar-refractivity contribution in [2.45, 2.75) is 50.3 Å². The smallest absolute Gasteiger partial charge is 0.293 e. The maximum Gasteiger partial charge on any atom is 0.293 e. The fraction of sp³-hybridized carbons (Fsp3) is 0.375. The molecule has 2 N–H and O–H groups in total. The second-order valence-corrected chi connectivity index (χ2v) is 15.6. The number of thiazole rings is 1. The molecule has 3 aromatic carbocycles. The van der Waals surface area contributed by atoms with E-state index in [1.54, 1.807) is 35.6 Å². The summed E-state index contributed by atoms with van der Waals surface area (Å²) < 4.78 is 29.4. The van der Waals surface area contributed by atoms with Gasteiger partial charge in [-0.05, 0) is 116 Å². The summed E-state index contributed by atoms with van der Waals surface area (Å²) in [6, 6.07) is 16.3. The van der Waals surface area contributed by atoms with Crippen LogP contribution in [0.4, 0.5) is 11.4 Å². The molecule has 1 amide bonds. The van der Waals surface area contributed by atoms with Gasteiger partial charge >= 0.3 is 0 Å². The molecule has 0 atom stereocenters. The minimum atomic E-state index is -4.36. The number of hydrogen-bond donors (Lipinski definition) is 2. The number of aromatic nitrogens is 1. The first kappa shape index (κ1) is 28.0. The summed E-state index contributed by atoms with van der Waals surface area (Å²) in [7, 11) is -4.36. The highest BCUT2D eigenvalue weighted by Crippen LogP contribution is 2.60. The minimum absolute atomic E-state index is 0.154. The lowest BCUT2D eigenvalue weighted by atomic mass is 9.49. The number of benzene rings is 3. The number of carbonyl (C=O) groups is 1. The summed E-state index contributed by atoms with van der Waals surface area (Å²) in [6.45, 7) is 2.60. The lowest BCUT2D eigenvalue weighted by molar-refractivity contribution is -0.384. The zero-order chi connectivity index (χ0) is 29.9. The SMILES string of the molecule is Cc1nc2cc(-c3ccc(C(=O)NS(=O)(=O)c4ccc(NCC56CC7CC(CC(C7)C5)C6)c([N+](=O)[O-])c4)cc3)ccc2s1. The molecule has 4 aliphatic rings. The topological polar surface area (TPSA) is 131 Å². The largest absolute Gasteiger partial charge is 0.379 e. The van der Waals surface area contributed by atoms with Crippen LogP contribution in [0.3, 0.4) is 0 Å². The van der Waals surface area contributed by atoms with Crippen LogP contribution in [0.2, 0.25) is 0 Å². The quantitative estimate of drug-likeness (QED) is 0.162. The molecular weight excluding hydrogens is 585 g/mol. The number of fused-ring (bicyclic) bond motifs is 1. The standard InChI is InChI=1S/C32H32N4O5S2/c1-19-34-28-13-25(6-9-30(28)42-19)23-2-4-24(5-3-23)31(37)35-43(40,41)26-7-8-27(29(14-26)36(38)39)33-18-32-15-20-10-21(16-32)12-22(11-20)17-32/h2-9,13-14,20-22,33H,10-12,15-18H2,1H3,(H,35,37). The molecule has 0 saturated heterocycles. The Kier molecular flexibility index (Phi) is 6.77. The Morgan fingerprint density at radius 3 is 2.28 bits per heavy atom. The number of amides is 1. The Morgan fingerprint density at radius 1 is 0.977 bits per heavy atom. The van der Waals surface area contributed by atoms with Crippen molar-refractivity contribution in [2.75, 3.05) is 11.9 Å². The molecule has 8 rings (SSSR count). The van der Waals surface area contributed by atoms with Crippen LogP contribution in [0.15, 0.2) is 65.6 Å². The third-order valence-corrected chi connectivity index (χ3v) is 11.8. The van der Waals surface area contributed by atoms with Crippen molar-refractivity contribution in [1.82, 2.24) is 9.71 Å². The maximum absolute atomic E-state index is 13.1. The van der Waals surface area contributed by atoms with Crippen LogP contribution in [0.1, 0.15) is 53.9 Å². The van der Waals surface area contributed by atoms with Crippen LogP contribution in [0, 0.1) is 40.2 Å². The van der Waals surface area contributed by atoms with Gasteiger partial charge in [-0.15, -0.1) is 11.3 Å². The van der Waals surface area contributed by atoms with Gasteiger partial charge in [-0.2, -0.15) is 0 Å². The average Bonchev–Trinajstić information content (AvgIpc) is 3.34. The van der Waals surface area contributed by atoms with Crippen LogP contribution in [0.25, 0.3) is 21.3 Å². The van der Waals surface area contributed by atoms with Crippen molar-refractivity contribution in [3.63, 3.8) is 0 Å². The lowest BCUT2D eigenvalue weighted by Crippen LogP contribution is -2.49. The zero-order valence-electron chi connectivity index (χ0n) is 23.7. The third kappa shape index (κ3) is 5.40. The minimum Gasteiger partial charge on any atom is -0.379 e. The number of anilines is 1. The van der Waals surface area contributed by atoms with E-state index in [1.807, 2.05) is 25.1 Å². The summed E-state index contributed by atoms with van der Waals surface area (Å²) in [5.41, 5.74) is 2.98. The van der Waals surface area contributed by atoms with E-state index in [4.69, 9.17) is 0 Å². The normalized spacial score (nSPS) is 24.3. The molecule has 4 fully saturated rings. The van der Waals surface area contributed by atoms with Gasteiger partial charge in [0.15, 0.2) is 0 Å². The third-order valence-electron chi connectivity index (χ3n) is 9.50. The van der Waals surface area contributed by atoms with Gasteiger partial charge in [-0.3, -0.25) is 14.9 Å². The summed E-state index contributed by atoms with van der Waals surface area (Å²) in [5.74, 6) is 1.46. The molecular formula is C32H32N4O5S2. The number of nitrogens with zero attached hydrogens (tertiary/aromatic N) is 2. The van der Waals surface area contributed by atoms with Crippen LogP contribution in [-0.4, -0.2) is 30.8 Å². The van der Waals surface area contributed by atoms with E-state index >= 15 is 0 Å². The maximum atomic E-state index is 13.1. The van der Waals surface area contributed by atoms with Gasteiger partial charge in [0.25, 0.3) is 21.6 Å². The summed E-state index contributed by atoms with van der Waals surface area (Å²) in [4.78, 5) is 28.5. The molecule has 0 spiro atoms. The zero-order valence-corrected chi connectivity index (χ0v) is 25.3. The van der Waals surface area contributed by atoms with Gasteiger partial charge in [0.1, 0.15) is 5.69 Å². The van der Waals surface area contributed by atoms with Gasteiger partial charge in [0, 0.05) is 18.2 Å².